The molecule has 1 amide bonds. The lowest BCUT2D eigenvalue weighted by molar-refractivity contribution is -1.01. The minimum absolute atomic E-state index is 0.166. The van der Waals surface area contributed by atoms with Crippen LogP contribution in [0.5, 0.6) is 5.75 Å². The maximum Gasteiger partial charge on any atom is 0.275 e. The van der Waals surface area contributed by atoms with Crippen molar-refractivity contribution in [2.75, 3.05) is 52.4 Å². The summed E-state index contributed by atoms with van der Waals surface area (Å²) in [5, 5.41) is 3.08. The summed E-state index contributed by atoms with van der Waals surface area (Å²) in [6.07, 6.45) is 0.896. The SMILES string of the molecule is Cc1ccccc1CCNC(=O)C[NH+]1CC[NH+](CCOc2ccccc2)CC1. The molecule has 0 radical (unpaired) electrons. The van der Waals surface area contributed by atoms with Gasteiger partial charge in [0.2, 0.25) is 0 Å². The van der Waals surface area contributed by atoms with Crippen LogP contribution in [0.25, 0.3) is 0 Å². The second kappa shape index (κ2) is 10.8. The summed E-state index contributed by atoms with van der Waals surface area (Å²) in [5.41, 5.74) is 2.60. The molecule has 2 aromatic carbocycles. The highest BCUT2D eigenvalue weighted by atomic mass is 16.5. The van der Waals surface area contributed by atoms with Gasteiger partial charge in [0.25, 0.3) is 5.91 Å². The average molecular weight is 384 g/mol. The van der Waals surface area contributed by atoms with Crippen LogP contribution in [0.4, 0.5) is 0 Å². The topological polar surface area (TPSA) is 47.2 Å². The van der Waals surface area contributed by atoms with E-state index in [0.29, 0.717) is 13.1 Å². The molecule has 0 spiro atoms. The van der Waals surface area contributed by atoms with E-state index in [0.717, 1.165) is 51.5 Å². The van der Waals surface area contributed by atoms with Crippen LogP contribution >= 0.6 is 0 Å². The number of piperazine rings is 1. The van der Waals surface area contributed by atoms with Crippen molar-refractivity contribution in [3.05, 3.63) is 65.7 Å². The van der Waals surface area contributed by atoms with E-state index in [9.17, 15) is 4.79 Å². The number of carbonyl (C=O) groups excluding carboxylic acids is 1. The number of amides is 1. The number of ether oxygens (including phenoxy) is 1. The first-order valence-electron chi connectivity index (χ1n) is 10.4. The van der Waals surface area contributed by atoms with Gasteiger partial charge in [-0.05, 0) is 36.6 Å². The Balaban J connectivity index is 1.27. The summed E-state index contributed by atoms with van der Waals surface area (Å²) in [7, 11) is 0. The van der Waals surface area contributed by atoms with Crippen LogP contribution in [0.2, 0.25) is 0 Å². The lowest BCUT2D eigenvalue weighted by Crippen LogP contribution is -3.28. The van der Waals surface area contributed by atoms with Crippen molar-refractivity contribution in [1.29, 1.82) is 0 Å². The normalized spacial score (nSPS) is 19.2. The number of para-hydroxylation sites is 1. The number of carbonyl (C=O) groups is 1. The number of hydrogen-bond acceptors (Lipinski definition) is 2. The predicted octanol–water partition coefficient (Wildman–Crippen LogP) is -0.484. The number of aryl methyl sites for hydroxylation is 1. The first-order valence-corrected chi connectivity index (χ1v) is 10.4. The quantitative estimate of drug-likeness (QED) is 0.548. The molecular formula is C23H33N3O2+2. The van der Waals surface area contributed by atoms with Crippen LogP contribution in [0.15, 0.2) is 54.6 Å². The Labute approximate surface area is 168 Å². The van der Waals surface area contributed by atoms with Crippen molar-refractivity contribution in [3.63, 3.8) is 0 Å². The van der Waals surface area contributed by atoms with Crippen LogP contribution in [0.1, 0.15) is 11.1 Å². The van der Waals surface area contributed by atoms with Crippen LogP contribution < -0.4 is 19.9 Å². The molecule has 150 valence electrons. The summed E-state index contributed by atoms with van der Waals surface area (Å²) in [6, 6.07) is 18.3. The first kappa shape index (κ1) is 20.4. The third-order valence-electron chi connectivity index (χ3n) is 5.52. The first-order chi connectivity index (χ1) is 13.7. The third-order valence-corrected chi connectivity index (χ3v) is 5.52. The molecule has 3 rings (SSSR count). The molecule has 0 atom stereocenters. The second-order valence-corrected chi connectivity index (χ2v) is 7.61. The summed E-state index contributed by atoms with van der Waals surface area (Å²) in [6.45, 7) is 9.48. The van der Waals surface area contributed by atoms with Gasteiger partial charge in [-0.3, -0.25) is 4.79 Å². The van der Waals surface area contributed by atoms with Gasteiger partial charge in [0.05, 0.1) is 0 Å². The summed E-state index contributed by atoms with van der Waals surface area (Å²) < 4.78 is 5.80. The zero-order valence-corrected chi connectivity index (χ0v) is 16.9. The van der Waals surface area contributed by atoms with Crippen molar-refractivity contribution in [2.24, 2.45) is 0 Å². The van der Waals surface area contributed by atoms with Crippen LogP contribution in [0.3, 0.4) is 0 Å². The van der Waals surface area contributed by atoms with Gasteiger partial charge < -0.3 is 19.9 Å². The van der Waals surface area contributed by atoms with Gasteiger partial charge in [-0.15, -0.1) is 0 Å². The van der Waals surface area contributed by atoms with Gasteiger partial charge in [0.15, 0.2) is 6.54 Å². The molecule has 0 bridgehead atoms. The Morgan fingerprint density at radius 3 is 2.39 bits per heavy atom. The minimum Gasteiger partial charge on any atom is -0.488 e. The zero-order valence-electron chi connectivity index (χ0n) is 16.9. The fraction of sp³-hybridized carbons (Fsp3) is 0.435. The Morgan fingerprint density at radius 1 is 0.964 bits per heavy atom. The molecule has 1 saturated heterocycles. The van der Waals surface area contributed by atoms with Crippen LogP contribution in [0, 0.1) is 6.92 Å². The number of hydrogen-bond donors (Lipinski definition) is 3. The number of quaternary nitrogens is 2. The van der Waals surface area contributed by atoms with Gasteiger partial charge in [0, 0.05) is 6.54 Å². The highest BCUT2D eigenvalue weighted by molar-refractivity contribution is 5.76. The molecule has 5 heteroatoms. The van der Waals surface area contributed by atoms with Gasteiger partial charge >= 0.3 is 0 Å². The standard InChI is InChI=1S/C23H31N3O2/c1-20-7-5-6-8-21(20)11-12-24-23(27)19-26-15-13-25(14-16-26)17-18-28-22-9-3-2-4-10-22/h2-10H,11-19H2,1H3,(H,24,27)/p+2. The summed E-state index contributed by atoms with van der Waals surface area (Å²) in [5.74, 6) is 1.10. The van der Waals surface area contributed by atoms with E-state index in [-0.39, 0.29) is 5.91 Å². The molecule has 28 heavy (non-hydrogen) atoms. The van der Waals surface area contributed by atoms with Crippen LogP contribution in [-0.4, -0.2) is 58.3 Å². The molecule has 1 fully saturated rings. The van der Waals surface area contributed by atoms with E-state index in [1.54, 1.807) is 4.90 Å². The summed E-state index contributed by atoms with van der Waals surface area (Å²) in [4.78, 5) is 15.2. The van der Waals surface area contributed by atoms with Crippen molar-refractivity contribution >= 4 is 5.91 Å². The minimum atomic E-state index is 0.166. The fourth-order valence-electron chi connectivity index (χ4n) is 3.73. The Hall–Kier alpha value is -2.37. The smallest absolute Gasteiger partial charge is 0.275 e. The highest BCUT2D eigenvalue weighted by Crippen LogP contribution is 2.07. The van der Waals surface area contributed by atoms with Crippen molar-refractivity contribution in [1.82, 2.24) is 5.32 Å². The molecular weight excluding hydrogens is 350 g/mol. The van der Waals surface area contributed by atoms with Gasteiger partial charge in [-0.25, -0.2) is 0 Å². The second-order valence-electron chi connectivity index (χ2n) is 7.61. The molecule has 0 aromatic heterocycles. The lowest BCUT2D eigenvalue weighted by atomic mass is 10.1. The molecule has 0 unspecified atom stereocenters. The monoisotopic (exact) mass is 383 g/mol. The van der Waals surface area contributed by atoms with Crippen LogP contribution in [-0.2, 0) is 11.2 Å². The Bertz CT molecular complexity index is 728. The predicted molar refractivity (Wildman–Crippen MR) is 111 cm³/mol. The van der Waals surface area contributed by atoms with E-state index >= 15 is 0 Å². The highest BCUT2D eigenvalue weighted by Gasteiger charge is 2.24. The molecule has 0 aliphatic carbocycles. The third kappa shape index (κ3) is 6.66. The molecule has 1 heterocycles. The van der Waals surface area contributed by atoms with E-state index in [1.165, 1.54) is 16.0 Å². The van der Waals surface area contributed by atoms with Crippen molar-refractivity contribution in [3.8, 4) is 5.75 Å². The molecule has 2 aromatic rings. The molecule has 0 saturated carbocycles. The van der Waals surface area contributed by atoms with Gasteiger partial charge in [0.1, 0.15) is 45.1 Å². The number of nitrogens with one attached hydrogen (secondary N) is 3. The van der Waals surface area contributed by atoms with E-state index in [2.05, 4.69) is 36.5 Å². The van der Waals surface area contributed by atoms with E-state index in [4.69, 9.17) is 4.74 Å². The van der Waals surface area contributed by atoms with E-state index in [1.807, 2.05) is 30.3 Å². The lowest BCUT2D eigenvalue weighted by Gasteiger charge is -2.29. The summed E-state index contributed by atoms with van der Waals surface area (Å²) >= 11 is 0. The largest absolute Gasteiger partial charge is 0.488 e. The molecule has 3 N–H and O–H groups in total. The molecule has 5 nitrogen and oxygen atoms in total. The maximum absolute atomic E-state index is 12.2. The van der Waals surface area contributed by atoms with Gasteiger partial charge in [-0.2, -0.15) is 0 Å². The zero-order chi connectivity index (χ0) is 19.6. The number of benzene rings is 2. The Kier molecular flexibility index (Phi) is 7.88. The fourth-order valence-corrected chi connectivity index (χ4v) is 3.73. The van der Waals surface area contributed by atoms with Crippen molar-refractivity contribution in [2.45, 2.75) is 13.3 Å². The molecule has 1 aliphatic heterocycles. The number of rotatable bonds is 9. The average Bonchev–Trinajstić information content (AvgIpc) is 2.72. The van der Waals surface area contributed by atoms with Crippen molar-refractivity contribution < 1.29 is 19.3 Å². The van der Waals surface area contributed by atoms with Gasteiger partial charge in [-0.1, -0.05) is 42.5 Å². The molecule has 1 aliphatic rings. The van der Waals surface area contributed by atoms with E-state index < -0.39 is 0 Å². The maximum atomic E-state index is 12.2. The Morgan fingerprint density at radius 2 is 1.64 bits per heavy atom.